The largest absolute Gasteiger partial charge is 0.312 e. The molecule has 112 valence electrons. The van der Waals surface area contributed by atoms with Gasteiger partial charge < -0.3 is 5.32 Å². The van der Waals surface area contributed by atoms with Gasteiger partial charge in [-0.3, -0.25) is 4.90 Å². The lowest BCUT2D eigenvalue weighted by atomic mass is 9.82. The highest BCUT2D eigenvalue weighted by molar-refractivity contribution is 4.88. The standard InChI is InChI=1S/C17H34N2/c1-5-15-8-6-7-9-16(15)19-11-10-14(13-19)12-18-17(2,3)4/h14-16,18H,5-13H2,1-4H3. The summed E-state index contributed by atoms with van der Waals surface area (Å²) in [5, 5.41) is 3.69. The molecule has 0 amide bonds. The van der Waals surface area contributed by atoms with Crippen molar-refractivity contribution in [2.75, 3.05) is 19.6 Å². The number of nitrogens with one attached hydrogen (secondary N) is 1. The molecule has 3 unspecified atom stereocenters. The molecule has 1 saturated carbocycles. The highest BCUT2D eigenvalue weighted by atomic mass is 15.2. The first-order valence-corrected chi connectivity index (χ1v) is 8.48. The maximum Gasteiger partial charge on any atom is 0.0123 e. The highest BCUT2D eigenvalue weighted by Crippen LogP contribution is 2.33. The Labute approximate surface area is 120 Å². The Balaban J connectivity index is 1.80. The average Bonchev–Trinajstić information content (AvgIpc) is 2.84. The number of hydrogen-bond acceptors (Lipinski definition) is 2. The molecular weight excluding hydrogens is 232 g/mol. The molecule has 2 fully saturated rings. The van der Waals surface area contributed by atoms with E-state index in [2.05, 4.69) is 37.9 Å². The summed E-state index contributed by atoms with van der Waals surface area (Å²) in [5.41, 5.74) is 0.268. The molecule has 2 rings (SSSR count). The summed E-state index contributed by atoms with van der Waals surface area (Å²) in [6, 6.07) is 0.901. The fourth-order valence-electron chi connectivity index (χ4n) is 3.93. The van der Waals surface area contributed by atoms with E-state index in [1.807, 2.05) is 0 Å². The summed E-state index contributed by atoms with van der Waals surface area (Å²) in [7, 11) is 0. The Kier molecular flexibility index (Phi) is 5.30. The van der Waals surface area contributed by atoms with Crippen molar-refractivity contribution in [2.45, 2.75) is 77.8 Å². The minimum Gasteiger partial charge on any atom is -0.312 e. The van der Waals surface area contributed by atoms with Crippen LogP contribution in [0.2, 0.25) is 0 Å². The molecule has 0 aromatic carbocycles. The van der Waals surface area contributed by atoms with Gasteiger partial charge in [0.1, 0.15) is 0 Å². The lowest BCUT2D eigenvalue weighted by Gasteiger charge is -2.38. The summed E-state index contributed by atoms with van der Waals surface area (Å²) in [4.78, 5) is 2.82. The quantitative estimate of drug-likeness (QED) is 0.835. The maximum absolute atomic E-state index is 3.69. The number of likely N-dealkylation sites (tertiary alicyclic amines) is 1. The van der Waals surface area contributed by atoms with Gasteiger partial charge >= 0.3 is 0 Å². The van der Waals surface area contributed by atoms with Gasteiger partial charge in [0.15, 0.2) is 0 Å². The Bertz CT molecular complexity index is 269. The van der Waals surface area contributed by atoms with Gasteiger partial charge in [0.2, 0.25) is 0 Å². The van der Waals surface area contributed by atoms with Gasteiger partial charge in [0.05, 0.1) is 0 Å². The molecule has 0 aromatic rings. The van der Waals surface area contributed by atoms with Gasteiger partial charge in [-0.15, -0.1) is 0 Å². The maximum atomic E-state index is 3.69. The van der Waals surface area contributed by atoms with Crippen molar-refractivity contribution >= 4 is 0 Å². The number of hydrogen-bond donors (Lipinski definition) is 1. The third-order valence-corrected chi connectivity index (χ3v) is 5.10. The zero-order chi connectivity index (χ0) is 13.9. The van der Waals surface area contributed by atoms with Crippen LogP contribution in [0.4, 0.5) is 0 Å². The van der Waals surface area contributed by atoms with E-state index in [9.17, 15) is 0 Å². The van der Waals surface area contributed by atoms with E-state index in [0.29, 0.717) is 0 Å². The van der Waals surface area contributed by atoms with Crippen LogP contribution < -0.4 is 5.32 Å². The molecule has 0 spiro atoms. The van der Waals surface area contributed by atoms with E-state index in [-0.39, 0.29) is 5.54 Å². The van der Waals surface area contributed by atoms with Crippen molar-refractivity contribution in [1.82, 2.24) is 10.2 Å². The molecule has 0 radical (unpaired) electrons. The summed E-state index contributed by atoms with van der Waals surface area (Å²) >= 11 is 0. The molecule has 2 nitrogen and oxygen atoms in total. The van der Waals surface area contributed by atoms with E-state index in [1.165, 1.54) is 58.2 Å². The minimum absolute atomic E-state index is 0.268. The second-order valence-electron chi connectivity index (χ2n) is 7.80. The van der Waals surface area contributed by atoms with Crippen LogP contribution in [0.15, 0.2) is 0 Å². The van der Waals surface area contributed by atoms with E-state index in [0.717, 1.165) is 17.9 Å². The Morgan fingerprint density at radius 3 is 2.53 bits per heavy atom. The van der Waals surface area contributed by atoms with Crippen molar-refractivity contribution in [2.24, 2.45) is 11.8 Å². The van der Waals surface area contributed by atoms with Crippen LogP contribution in [0.1, 0.15) is 66.2 Å². The zero-order valence-electron chi connectivity index (χ0n) is 13.5. The van der Waals surface area contributed by atoms with Crippen LogP contribution in [0.5, 0.6) is 0 Å². The molecule has 0 bridgehead atoms. The summed E-state index contributed by atoms with van der Waals surface area (Å²) in [5.74, 6) is 1.85. The molecule has 0 aromatic heterocycles. The lowest BCUT2D eigenvalue weighted by Crippen LogP contribution is -2.43. The zero-order valence-corrected chi connectivity index (χ0v) is 13.5. The molecule has 1 aliphatic heterocycles. The second kappa shape index (κ2) is 6.58. The van der Waals surface area contributed by atoms with Crippen LogP contribution in [-0.4, -0.2) is 36.1 Å². The Hall–Kier alpha value is -0.0800. The van der Waals surface area contributed by atoms with Crippen molar-refractivity contribution in [3.63, 3.8) is 0 Å². The SMILES string of the molecule is CCC1CCCCC1N1CCC(CNC(C)(C)C)C1. The van der Waals surface area contributed by atoms with Crippen molar-refractivity contribution < 1.29 is 0 Å². The van der Waals surface area contributed by atoms with Gasteiger partial charge in [-0.05, 0) is 65.0 Å². The predicted molar refractivity (Wildman–Crippen MR) is 83.5 cm³/mol. The van der Waals surface area contributed by atoms with E-state index >= 15 is 0 Å². The summed E-state index contributed by atoms with van der Waals surface area (Å²) in [6.45, 7) is 13.1. The Morgan fingerprint density at radius 1 is 1.11 bits per heavy atom. The van der Waals surface area contributed by atoms with Gasteiger partial charge in [-0.25, -0.2) is 0 Å². The monoisotopic (exact) mass is 266 g/mol. The van der Waals surface area contributed by atoms with Crippen molar-refractivity contribution in [3.8, 4) is 0 Å². The first-order valence-electron chi connectivity index (χ1n) is 8.48. The number of nitrogens with zero attached hydrogens (tertiary/aromatic N) is 1. The molecule has 2 heteroatoms. The minimum atomic E-state index is 0.268. The van der Waals surface area contributed by atoms with Gasteiger partial charge in [0.25, 0.3) is 0 Å². The van der Waals surface area contributed by atoms with Crippen molar-refractivity contribution in [3.05, 3.63) is 0 Å². The molecule has 1 N–H and O–H groups in total. The van der Waals surface area contributed by atoms with E-state index in [4.69, 9.17) is 0 Å². The Morgan fingerprint density at radius 2 is 1.84 bits per heavy atom. The molecule has 19 heavy (non-hydrogen) atoms. The lowest BCUT2D eigenvalue weighted by molar-refractivity contribution is 0.121. The number of rotatable bonds is 4. The molecule has 2 aliphatic rings. The second-order valence-corrected chi connectivity index (χ2v) is 7.80. The van der Waals surface area contributed by atoms with Crippen LogP contribution in [0.3, 0.4) is 0 Å². The highest BCUT2D eigenvalue weighted by Gasteiger charge is 2.33. The fourth-order valence-corrected chi connectivity index (χ4v) is 3.93. The summed E-state index contributed by atoms with van der Waals surface area (Å²) < 4.78 is 0. The topological polar surface area (TPSA) is 15.3 Å². The normalized spacial score (nSPS) is 33.8. The molecule has 1 heterocycles. The average molecular weight is 266 g/mol. The van der Waals surface area contributed by atoms with Crippen LogP contribution in [0.25, 0.3) is 0 Å². The van der Waals surface area contributed by atoms with E-state index < -0.39 is 0 Å². The molecular formula is C17H34N2. The molecule has 1 aliphatic carbocycles. The molecule has 3 atom stereocenters. The van der Waals surface area contributed by atoms with Crippen LogP contribution in [0, 0.1) is 11.8 Å². The summed E-state index contributed by atoms with van der Waals surface area (Å²) in [6.07, 6.45) is 8.64. The van der Waals surface area contributed by atoms with E-state index in [1.54, 1.807) is 0 Å². The third kappa shape index (κ3) is 4.46. The smallest absolute Gasteiger partial charge is 0.0123 e. The fraction of sp³-hybridized carbons (Fsp3) is 1.00. The van der Waals surface area contributed by atoms with Crippen molar-refractivity contribution in [1.29, 1.82) is 0 Å². The van der Waals surface area contributed by atoms with Gasteiger partial charge in [0, 0.05) is 18.1 Å². The van der Waals surface area contributed by atoms with Gasteiger partial charge in [-0.1, -0.05) is 26.2 Å². The first kappa shape index (κ1) is 15.3. The predicted octanol–water partition coefficient (Wildman–Crippen LogP) is 3.67. The van der Waals surface area contributed by atoms with Gasteiger partial charge in [-0.2, -0.15) is 0 Å². The molecule has 1 saturated heterocycles. The third-order valence-electron chi connectivity index (χ3n) is 5.10. The first-order chi connectivity index (χ1) is 8.99. The van der Waals surface area contributed by atoms with Crippen LogP contribution in [-0.2, 0) is 0 Å². The van der Waals surface area contributed by atoms with Crippen LogP contribution >= 0.6 is 0 Å².